The second kappa shape index (κ2) is 8.77. The third kappa shape index (κ3) is 3.73. The van der Waals surface area contributed by atoms with Crippen molar-refractivity contribution in [1.82, 2.24) is 14.4 Å². The number of hydrogen-bond acceptors (Lipinski definition) is 6. The van der Waals surface area contributed by atoms with E-state index in [0.29, 0.717) is 27.9 Å². The maximum atomic E-state index is 13.5. The van der Waals surface area contributed by atoms with E-state index in [1.807, 2.05) is 25.1 Å². The van der Waals surface area contributed by atoms with Crippen molar-refractivity contribution in [3.63, 3.8) is 0 Å². The molecule has 170 valence electrons. The van der Waals surface area contributed by atoms with Gasteiger partial charge in [0.05, 0.1) is 17.0 Å². The molecule has 0 bridgehead atoms. The Labute approximate surface area is 203 Å². The first-order chi connectivity index (χ1) is 16.4. The van der Waals surface area contributed by atoms with Gasteiger partial charge in [0.1, 0.15) is 22.0 Å². The number of thioether (sulfide) groups is 1. The normalized spacial score (nSPS) is 11.4. The average molecular weight is 490 g/mol. The largest absolute Gasteiger partial charge is 0.313 e. The number of Topliss-reactive ketones (excluding diaryl/α,β-unsaturated/α-hetero) is 1. The number of thiophene rings is 1. The molecule has 4 heterocycles. The smallest absolute Gasteiger partial charge is 0.210 e. The van der Waals surface area contributed by atoms with Gasteiger partial charge in [-0.15, -0.1) is 11.3 Å². The maximum absolute atomic E-state index is 13.5. The molecule has 0 radical (unpaired) electrons. The topological polar surface area (TPSA) is 64.3 Å². The molecule has 34 heavy (non-hydrogen) atoms. The first kappa shape index (κ1) is 22.4. The molecule has 0 amide bonds. The summed E-state index contributed by atoms with van der Waals surface area (Å²) in [5.74, 6) is -0.566. The fourth-order valence-corrected chi connectivity index (χ4v) is 6.16. The van der Waals surface area contributed by atoms with Crippen LogP contribution in [0.3, 0.4) is 0 Å². The summed E-state index contributed by atoms with van der Waals surface area (Å²) in [7, 11) is 0. The Morgan fingerprint density at radius 3 is 2.56 bits per heavy atom. The number of pyridine rings is 1. The van der Waals surface area contributed by atoms with Gasteiger partial charge >= 0.3 is 0 Å². The molecule has 0 saturated heterocycles. The summed E-state index contributed by atoms with van der Waals surface area (Å²) in [6.45, 7) is 5.89. The molecular weight excluding hydrogens is 469 g/mol. The van der Waals surface area contributed by atoms with Gasteiger partial charge in [0.15, 0.2) is 5.78 Å². The highest BCUT2D eigenvalue weighted by Crippen LogP contribution is 2.35. The fourth-order valence-electron chi connectivity index (χ4n) is 4.17. The average Bonchev–Trinajstić information content (AvgIpc) is 3.30. The molecule has 0 aliphatic rings. The molecule has 0 spiro atoms. The van der Waals surface area contributed by atoms with Gasteiger partial charge in [-0.05, 0) is 68.3 Å². The Morgan fingerprint density at radius 1 is 1.03 bits per heavy atom. The monoisotopic (exact) mass is 489 g/mol. The Balaban J connectivity index is 1.52. The van der Waals surface area contributed by atoms with Crippen LogP contribution >= 0.6 is 23.1 Å². The van der Waals surface area contributed by atoms with Gasteiger partial charge in [-0.1, -0.05) is 17.8 Å². The molecule has 0 N–H and O–H groups in total. The molecule has 8 heteroatoms. The number of rotatable bonds is 6. The van der Waals surface area contributed by atoms with E-state index < -0.39 is 5.82 Å². The third-order valence-corrected chi connectivity index (χ3v) is 8.06. The molecule has 4 aromatic heterocycles. The van der Waals surface area contributed by atoms with Gasteiger partial charge < -0.3 is 4.40 Å². The number of aryl methyl sites for hydroxylation is 2. The standard InChI is InChI=1S/C26H20FN3O2S2/c1-14-16(3)34-26-22(14)25(28-13-29-26)33-12-20(31)21-15(2)23(30-11-5-4-6-19(21)30)24(32)17-7-9-18(27)10-8-17/h4-11,13H,12H2,1-3H3. The van der Waals surface area contributed by atoms with Crippen molar-refractivity contribution in [2.75, 3.05) is 5.75 Å². The summed E-state index contributed by atoms with van der Waals surface area (Å²) in [6.07, 6.45) is 3.30. The van der Waals surface area contributed by atoms with E-state index in [2.05, 4.69) is 16.9 Å². The third-order valence-electron chi connectivity index (χ3n) is 5.96. The van der Waals surface area contributed by atoms with Gasteiger partial charge in [0, 0.05) is 27.6 Å². The number of ketones is 2. The van der Waals surface area contributed by atoms with Crippen molar-refractivity contribution in [3.8, 4) is 0 Å². The molecule has 0 atom stereocenters. The number of carbonyl (C=O) groups excluding carboxylic acids is 2. The highest BCUT2D eigenvalue weighted by atomic mass is 32.2. The first-order valence-corrected chi connectivity index (χ1v) is 12.4. The van der Waals surface area contributed by atoms with Crippen molar-refractivity contribution >= 4 is 50.4 Å². The molecule has 0 fully saturated rings. The van der Waals surface area contributed by atoms with Crippen molar-refractivity contribution in [2.24, 2.45) is 0 Å². The summed E-state index contributed by atoms with van der Waals surface area (Å²) in [6, 6.07) is 10.9. The zero-order valence-electron chi connectivity index (χ0n) is 18.8. The summed E-state index contributed by atoms with van der Waals surface area (Å²) in [4.78, 5) is 37.7. The summed E-state index contributed by atoms with van der Waals surface area (Å²) in [5.41, 5.74) is 3.71. The van der Waals surface area contributed by atoms with E-state index in [0.717, 1.165) is 20.8 Å². The van der Waals surface area contributed by atoms with E-state index in [1.165, 1.54) is 47.2 Å². The molecule has 0 saturated carbocycles. The van der Waals surface area contributed by atoms with Crippen LogP contribution in [0, 0.1) is 26.6 Å². The number of nitrogens with zero attached hydrogens (tertiary/aromatic N) is 3. The minimum absolute atomic E-state index is 0.0827. The van der Waals surface area contributed by atoms with Crippen LogP contribution in [-0.2, 0) is 0 Å². The Hall–Kier alpha value is -3.36. The maximum Gasteiger partial charge on any atom is 0.210 e. The predicted molar refractivity (Wildman–Crippen MR) is 134 cm³/mol. The Bertz CT molecular complexity index is 1590. The second-order valence-corrected chi connectivity index (χ2v) is 10.2. The van der Waals surface area contributed by atoms with Gasteiger partial charge in [-0.3, -0.25) is 9.59 Å². The zero-order valence-corrected chi connectivity index (χ0v) is 20.4. The van der Waals surface area contributed by atoms with Crippen LogP contribution in [0.5, 0.6) is 0 Å². The van der Waals surface area contributed by atoms with Crippen molar-refractivity contribution in [1.29, 1.82) is 0 Å². The van der Waals surface area contributed by atoms with Crippen LogP contribution in [0.25, 0.3) is 15.7 Å². The number of fused-ring (bicyclic) bond motifs is 2. The quantitative estimate of drug-likeness (QED) is 0.161. The molecule has 1 aromatic carbocycles. The predicted octanol–water partition coefficient (Wildman–Crippen LogP) is 6.21. The van der Waals surface area contributed by atoms with E-state index in [-0.39, 0.29) is 17.3 Å². The van der Waals surface area contributed by atoms with Gasteiger partial charge in [-0.2, -0.15) is 0 Å². The fraction of sp³-hybridized carbons (Fsp3) is 0.154. The van der Waals surface area contributed by atoms with Crippen molar-refractivity contribution < 1.29 is 14.0 Å². The van der Waals surface area contributed by atoms with Crippen LogP contribution in [0.15, 0.2) is 60.0 Å². The summed E-state index contributed by atoms with van der Waals surface area (Å²) < 4.78 is 15.1. The molecule has 0 aliphatic carbocycles. The van der Waals surface area contributed by atoms with Crippen LogP contribution in [0.4, 0.5) is 4.39 Å². The van der Waals surface area contributed by atoms with Crippen molar-refractivity contribution in [3.05, 3.63) is 93.6 Å². The Morgan fingerprint density at radius 2 is 1.79 bits per heavy atom. The lowest BCUT2D eigenvalue weighted by Crippen LogP contribution is -2.08. The highest BCUT2D eigenvalue weighted by molar-refractivity contribution is 8.00. The molecule has 5 nitrogen and oxygen atoms in total. The van der Waals surface area contributed by atoms with E-state index in [1.54, 1.807) is 28.9 Å². The summed E-state index contributed by atoms with van der Waals surface area (Å²) >= 11 is 3.00. The number of aromatic nitrogens is 3. The van der Waals surface area contributed by atoms with Crippen LogP contribution in [0.2, 0.25) is 0 Å². The van der Waals surface area contributed by atoms with Gasteiger partial charge in [0.25, 0.3) is 0 Å². The zero-order chi connectivity index (χ0) is 24.0. The van der Waals surface area contributed by atoms with Crippen LogP contribution in [0.1, 0.15) is 42.4 Å². The molecule has 0 aliphatic heterocycles. The van der Waals surface area contributed by atoms with Crippen LogP contribution in [-0.4, -0.2) is 31.7 Å². The SMILES string of the molecule is Cc1sc2ncnc(SCC(=O)c3c(C)c(C(=O)c4ccc(F)cc4)n4ccccc34)c2c1C. The number of hydrogen-bond donors (Lipinski definition) is 0. The molecule has 5 rings (SSSR count). The lowest BCUT2D eigenvalue weighted by molar-refractivity contribution is 0.102. The van der Waals surface area contributed by atoms with E-state index in [9.17, 15) is 14.0 Å². The lowest BCUT2D eigenvalue weighted by atomic mass is 10.0. The Kier molecular flexibility index (Phi) is 5.79. The van der Waals surface area contributed by atoms with Gasteiger partial charge in [-0.25, -0.2) is 14.4 Å². The molecular formula is C26H20FN3O2S2. The number of benzene rings is 1. The minimum Gasteiger partial charge on any atom is -0.313 e. The molecule has 0 unspecified atom stereocenters. The minimum atomic E-state index is -0.406. The van der Waals surface area contributed by atoms with Crippen LogP contribution < -0.4 is 0 Å². The van der Waals surface area contributed by atoms with Gasteiger partial charge in [0.2, 0.25) is 5.78 Å². The van der Waals surface area contributed by atoms with E-state index in [4.69, 9.17) is 0 Å². The lowest BCUT2D eigenvalue weighted by Gasteiger charge is -2.04. The first-order valence-electron chi connectivity index (χ1n) is 10.6. The number of halogens is 1. The molecule has 5 aromatic rings. The summed E-state index contributed by atoms with van der Waals surface area (Å²) in [5, 5.41) is 1.78. The second-order valence-electron chi connectivity index (χ2n) is 7.99. The van der Waals surface area contributed by atoms with Crippen molar-refractivity contribution in [2.45, 2.75) is 25.8 Å². The van der Waals surface area contributed by atoms with E-state index >= 15 is 0 Å². The number of carbonyl (C=O) groups is 2. The highest BCUT2D eigenvalue weighted by Gasteiger charge is 2.25.